The van der Waals surface area contributed by atoms with E-state index in [1.165, 1.54) is 0 Å². The molecule has 1 aliphatic rings. The minimum atomic E-state index is -0.400. The molecule has 0 unspecified atom stereocenters. The van der Waals surface area contributed by atoms with Crippen molar-refractivity contribution in [1.82, 2.24) is 4.98 Å². The smallest absolute Gasteiger partial charge is 0.481 e. The average molecular weight is 314 g/mol. The summed E-state index contributed by atoms with van der Waals surface area (Å²) in [6.45, 7) is 8.11. The van der Waals surface area contributed by atoms with Gasteiger partial charge in [-0.3, -0.25) is 0 Å². The molecule has 6 heteroatoms. The van der Waals surface area contributed by atoms with Crippen LogP contribution in [0.5, 0.6) is 5.88 Å². The number of ether oxygens (including phenoxy) is 1. The summed E-state index contributed by atoms with van der Waals surface area (Å²) in [6.07, 6.45) is 0. The highest BCUT2D eigenvalue weighted by atomic mass is 79.9. The number of nitrogens with zero attached hydrogens (tertiary/aromatic N) is 1. The second-order valence-electron chi connectivity index (χ2n) is 5.35. The molecule has 1 saturated heterocycles. The lowest BCUT2D eigenvalue weighted by molar-refractivity contribution is 0.00578. The Labute approximate surface area is 116 Å². The van der Waals surface area contributed by atoms with Gasteiger partial charge in [-0.2, -0.15) is 0 Å². The van der Waals surface area contributed by atoms with Gasteiger partial charge in [-0.25, -0.2) is 4.98 Å². The number of methoxy groups -OCH3 is 1. The Balaban J connectivity index is 2.32. The molecule has 1 aromatic heterocycles. The summed E-state index contributed by atoms with van der Waals surface area (Å²) in [5.41, 5.74) is 0.203. The minimum absolute atomic E-state index is 0.347. The molecule has 0 bridgehead atoms. The molecule has 98 valence electrons. The van der Waals surface area contributed by atoms with Crippen LogP contribution in [-0.2, 0) is 9.31 Å². The molecular weight excluding hydrogens is 297 g/mol. The van der Waals surface area contributed by atoms with Crippen LogP contribution in [0, 0.1) is 0 Å². The van der Waals surface area contributed by atoms with Gasteiger partial charge in [-0.05, 0) is 55.2 Å². The van der Waals surface area contributed by atoms with E-state index >= 15 is 0 Å². The minimum Gasteiger partial charge on any atom is -0.481 e. The maximum Gasteiger partial charge on any atom is 0.495 e. The zero-order valence-corrected chi connectivity index (χ0v) is 12.9. The number of rotatable bonds is 2. The summed E-state index contributed by atoms with van der Waals surface area (Å²) in [4.78, 5) is 4.18. The third kappa shape index (κ3) is 2.42. The first kappa shape index (κ1) is 13.8. The maximum absolute atomic E-state index is 5.98. The Morgan fingerprint density at radius 1 is 1.17 bits per heavy atom. The highest BCUT2D eigenvalue weighted by Gasteiger charge is 2.51. The van der Waals surface area contributed by atoms with Gasteiger partial charge in [0.15, 0.2) is 0 Å². The molecule has 0 spiro atoms. The van der Waals surface area contributed by atoms with E-state index in [2.05, 4.69) is 20.9 Å². The second kappa shape index (κ2) is 4.51. The fraction of sp³-hybridized carbons (Fsp3) is 0.583. The van der Waals surface area contributed by atoms with Crippen molar-refractivity contribution in [2.75, 3.05) is 7.11 Å². The van der Waals surface area contributed by atoms with Crippen LogP contribution in [0.2, 0.25) is 0 Å². The van der Waals surface area contributed by atoms with Gasteiger partial charge in [0.25, 0.3) is 0 Å². The normalized spacial score (nSPS) is 21.1. The molecule has 0 aliphatic carbocycles. The fourth-order valence-corrected chi connectivity index (χ4v) is 2.15. The van der Waals surface area contributed by atoms with E-state index in [1.807, 2.05) is 39.8 Å². The van der Waals surface area contributed by atoms with Gasteiger partial charge >= 0.3 is 7.12 Å². The second-order valence-corrected chi connectivity index (χ2v) is 6.17. The van der Waals surface area contributed by atoms with Crippen LogP contribution in [0.4, 0.5) is 0 Å². The summed E-state index contributed by atoms with van der Waals surface area (Å²) >= 11 is 3.36. The Hall–Kier alpha value is -0.585. The lowest BCUT2D eigenvalue weighted by Crippen LogP contribution is -2.41. The summed E-state index contributed by atoms with van der Waals surface area (Å²) in [6, 6.07) is 3.71. The monoisotopic (exact) mass is 313 g/mol. The SMILES string of the molecule is COc1cc(B2OC(C)(C)C(C)(C)O2)cc(Br)n1. The molecular formula is C12H17BBrNO3. The van der Waals surface area contributed by atoms with Crippen molar-refractivity contribution < 1.29 is 14.0 Å². The van der Waals surface area contributed by atoms with Gasteiger partial charge in [-0.1, -0.05) is 0 Å². The maximum atomic E-state index is 5.98. The Morgan fingerprint density at radius 2 is 1.72 bits per heavy atom. The first-order valence-electron chi connectivity index (χ1n) is 5.82. The molecule has 0 radical (unpaired) electrons. The van der Waals surface area contributed by atoms with E-state index in [0.717, 1.165) is 5.46 Å². The fourth-order valence-electron chi connectivity index (χ4n) is 1.71. The molecule has 1 fully saturated rings. The van der Waals surface area contributed by atoms with Crippen LogP contribution < -0.4 is 10.2 Å². The number of aromatic nitrogens is 1. The molecule has 0 saturated carbocycles. The third-order valence-corrected chi connectivity index (χ3v) is 3.93. The molecule has 1 aliphatic heterocycles. The van der Waals surface area contributed by atoms with Crippen LogP contribution in [0.1, 0.15) is 27.7 Å². The zero-order chi connectivity index (χ0) is 13.6. The van der Waals surface area contributed by atoms with Gasteiger partial charge in [0.2, 0.25) is 5.88 Å². The van der Waals surface area contributed by atoms with E-state index in [-0.39, 0.29) is 11.2 Å². The average Bonchev–Trinajstić information content (AvgIpc) is 2.47. The van der Waals surface area contributed by atoms with E-state index in [0.29, 0.717) is 10.5 Å². The van der Waals surface area contributed by atoms with Gasteiger partial charge in [0, 0.05) is 6.07 Å². The molecule has 0 aromatic carbocycles. The molecule has 0 atom stereocenters. The molecule has 0 N–H and O–H groups in total. The third-order valence-electron chi connectivity index (χ3n) is 3.53. The molecule has 4 nitrogen and oxygen atoms in total. The standard InChI is InChI=1S/C12H17BBrNO3/c1-11(2)12(3,4)18-13(17-11)8-6-9(14)15-10(7-8)16-5/h6-7H,1-5H3. The molecule has 18 heavy (non-hydrogen) atoms. The Morgan fingerprint density at radius 3 is 2.22 bits per heavy atom. The zero-order valence-electron chi connectivity index (χ0n) is 11.3. The van der Waals surface area contributed by atoms with Crippen LogP contribution in [0.3, 0.4) is 0 Å². The van der Waals surface area contributed by atoms with Crippen molar-refractivity contribution in [3.63, 3.8) is 0 Å². The highest BCUT2D eigenvalue weighted by Crippen LogP contribution is 2.36. The summed E-state index contributed by atoms with van der Waals surface area (Å²) < 4.78 is 17.8. The predicted molar refractivity (Wildman–Crippen MR) is 74.2 cm³/mol. The van der Waals surface area contributed by atoms with Crippen molar-refractivity contribution in [3.8, 4) is 5.88 Å². The molecule has 2 rings (SSSR count). The van der Waals surface area contributed by atoms with E-state index in [4.69, 9.17) is 14.0 Å². The van der Waals surface area contributed by atoms with Crippen molar-refractivity contribution in [3.05, 3.63) is 16.7 Å². The number of hydrogen-bond donors (Lipinski definition) is 0. The quantitative estimate of drug-likeness (QED) is 0.619. The predicted octanol–water partition coefficient (Wildman–Crippen LogP) is 2.15. The van der Waals surface area contributed by atoms with E-state index < -0.39 is 7.12 Å². The van der Waals surface area contributed by atoms with Crippen molar-refractivity contribution >= 4 is 28.5 Å². The molecule has 1 aromatic rings. The molecule has 2 heterocycles. The van der Waals surface area contributed by atoms with E-state index in [9.17, 15) is 0 Å². The van der Waals surface area contributed by atoms with Gasteiger partial charge in [-0.15, -0.1) is 0 Å². The van der Waals surface area contributed by atoms with Crippen LogP contribution in [0.15, 0.2) is 16.7 Å². The lowest BCUT2D eigenvalue weighted by Gasteiger charge is -2.32. The topological polar surface area (TPSA) is 40.6 Å². The number of halogens is 1. The van der Waals surface area contributed by atoms with Crippen molar-refractivity contribution in [1.29, 1.82) is 0 Å². The van der Waals surface area contributed by atoms with Crippen LogP contribution >= 0.6 is 15.9 Å². The van der Waals surface area contributed by atoms with Crippen molar-refractivity contribution in [2.24, 2.45) is 0 Å². The largest absolute Gasteiger partial charge is 0.495 e. The number of hydrogen-bond acceptors (Lipinski definition) is 4. The van der Waals surface area contributed by atoms with Gasteiger partial charge < -0.3 is 14.0 Å². The van der Waals surface area contributed by atoms with Gasteiger partial charge in [0.1, 0.15) is 4.60 Å². The summed E-state index contributed by atoms with van der Waals surface area (Å²) in [5.74, 6) is 0.536. The highest BCUT2D eigenvalue weighted by molar-refractivity contribution is 9.10. The summed E-state index contributed by atoms with van der Waals surface area (Å²) in [7, 11) is 1.19. The Bertz CT molecular complexity index is 449. The first-order chi connectivity index (χ1) is 8.25. The lowest BCUT2D eigenvalue weighted by atomic mass is 9.80. The Kier molecular flexibility index (Phi) is 3.47. The summed E-state index contributed by atoms with van der Waals surface area (Å²) in [5, 5.41) is 0. The van der Waals surface area contributed by atoms with E-state index in [1.54, 1.807) is 7.11 Å². The first-order valence-corrected chi connectivity index (χ1v) is 6.61. The van der Waals surface area contributed by atoms with Gasteiger partial charge in [0.05, 0.1) is 18.3 Å². The number of pyridine rings is 1. The van der Waals surface area contributed by atoms with Crippen molar-refractivity contribution in [2.45, 2.75) is 38.9 Å². The van der Waals surface area contributed by atoms with Crippen LogP contribution in [0.25, 0.3) is 0 Å². The molecule has 0 amide bonds. The van der Waals surface area contributed by atoms with Crippen LogP contribution in [-0.4, -0.2) is 30.4 Å².